The van der Waals surface area contributed by atoms with Crippen molar-refractivity contribution in [3.8, 4) is 22.7 Å². The molecule has 0 N–H and O–H groups in total. The Morgan fingerprint density at radius 2 is 1.58 bits per heavy atom. The van der Waals surface area contributed by atoms with Crippen molar-refractivity contribution in [3.63, 3.8) is 0 Å². The Kier molecular flexibility index (Phi) is 6.55. The van der Waals surface area contributed by atoms with E-state index in [1.165, 1.54) is 43.4 Å². The molecule has 2 saturated heterocycles. The van der Waals surface area contributed by atoms with E-state index in [2.05, 4.69) is 19.6 Å². The highest BCUT2D eigenvalue weighted by Gasteiger charge is 2.39. The van der Waals surface area contributed by atoms with Crippen LogP contribution in [0.15, 0.2) is 43.0 Å². The average Bonchev–Trinajstić information content (AvgIpc) is 3.45. The Hall–Kier alpha value is -3.47. The van der Waals surface area contributed by atoms with Gasteiger partial charge in [-0.15, -0.1) is 13.2 Å². The first-order valence-electron chi connectivity index (χ1n) is 13.2. The van der Waals surface area contributed by atoms with E-state index in [0.717, 1.165) is 44.5 Å². The molecule has 11 heteroatoms. The molecule has 4 heterocycles. The molecule has 38 heavy (non-hydrogen) atoms. The Morgan fingerprint density at radius 3 is 2.18 bits per heavy atom. The predicted molar refractivity (Wildman–Crippen MR) is 133 cm³/mol. The molecule has 3 aromatic rings. The maximum absolute atomic E-state index is 14.1. The predicted octanol–water partition coefficient (Wildman–Crippen LogP) is 4.81. The van der Waals surface area contributed by atoms with Crippen LogP contribution in [-0.2, 0) is 0 Å². The summed E-state index contributed by atoms with van der Waals surface area (Å²) in [5.41, 5.74) is 3.01. The Balaban J connectivity index is 1.35. The lowest BCUT2D eigenvalue weighted by atomic mass is 10.00. The third kappa shape index (κ3) is 5.11. The molecule has 0 bridgehead atoms. The number of hydrogen-bond acceptors (Lipinski definition) is 6. The molecule has 2 aliphatic heterocycles. The van der Waals surface area contributed by atoms with E-state index in [9.17, 15) is 18.0 Å². The zero-order chi connectivity index (χ0) is 26.3. The van der Waals surface area contributed by atoms with E-state index < -0.39 is 6.36 Å². The third-order valence-corrected chi connectivity index (χ3v) is 7.66. The van der Waals surface area contributed by atoms with Crippen LogP contribution in [-0.4, -0.2) is 74.0 Å². The van der Waals surface area contributed by atoms with Gasteiger partial charge in [0, 0.05) is 43.0 Å². The monoisotopic (exact) mass is 526 g/mol. The molecule has 0 atom stereocenters. The van der Waals surface area contributed by atoms with E-state index >= 15 is 0 Å². The van der Waals surface area contributed by atoms with Crippen molar-refractivity contribution in [2.45, 2.75) is 56.8 Å². The number of likely N-dealkylation sites (tertiary alicyclic amines) is 2. The Morgan fingerprint density at radius 1 is 0.921 bits per heavy atom. The second-order valence-corrected chi connectivity index (χ2v) is 10.2. The highest BCUT2D eigenvalue weighted by molar-refractivity contribution is 6.01. The summed E-state index contributed by atoms with van der Waals surface area (Å²) in [6, 6.07) is 6.10. The number of amides is 1. The summed E-state index contributed by atoms with van der Waals surface area (Å²) < 4.78 is 43.7. The maximum Gasteiger partial charge on any atom is 0.573 e. The van der Waals surface area contributed by atoms with Gasteiger partial charge in [-0.2, -0.15) is 5.10 Å². The van der Waals surface area contributed by atoms with Crippen LogP contribution >= 0.6 is 0 Å². The van der Waals surface area contributed by atoms with Crippen LogP contribution in [0.1, 0.15) is 60.5 Å². The Labute approximate surface area is 218 Å². The minimum Gasteiger partial charge on any atom is -0.406 e. The van der Waals surface area contributed by atoms with Crippen molar-refractivity contribution >= 4 is 5.91 Å². The number of hydrogen-bond donors (Lipinski definition) is 0. The summed E-state index contributed by atoms with van der Waals surface area (Å²) in [7, 11) is 0. The smallest absolute Gasteiger partial charge is 0.406 e. The second kappa shape index (κ2) is 10.0. The lowest BCUT2D eigenvalue weighted by Crippen LogP contribution is -2.46. The van der Waals surface area contributed by atoms with Gasteiger partial charge >= 0.3 is 6.36 Å². The number of rotatable bonds is 6. The van der Waals surface area contributed by atoms with Crippen LogP contribution in [0.25, 0.3) is 16.9 Å². The molecule has 0 spiro atoms. The maximum atomic E-state index is 14.1. The van der Waals surface area contributed by atoms with Crippen LogP contribution in [0.4, 0.5) is 13.2 Å². The minimum absolute atomic E-state index is 0.0612. The largest absolute Gasteiger partial charge is 0.573 e. The van der Waals surface area contributed by atoms with Crippen molar-refractivity contribution in [2.75, 3.05) is 26.2 Å². The van der Waals surface area contributed by atoms with Gasteiger partial charge < -0.3 is 14.5 Å². The Bertz CT molecular complexity index is 1280. The second-order valence-electron chi connectivity index (χ2n) is 10.2. The van der Waals surface area contributed by atoms with Crippen LogP contribution in [0, 0.1) is 0 Å². The number of aromatic nitrogens is 4. The molecule has 2 aromatic heterocycles. The summed E-state index contributed by atoms with van der Waals surface area (Å²) in [6.07, 6.45) is 6.14. The third-order valence-electron chi connectivity index (χ3n) is 7.66. The number of carbonyl (C=O) groups is 1. The van der Waals surface area contributed by atoms with E-state index in [4.69, 9.17) is 5.10 Å². The first-order valence-corrected chi connectivity index (χ1v) is 13.2. The topological polar surface area (TPSA) is 76.4 Å². The van der Waals surface area contributed by atoms with Gasteiger partial charge in [0.2, 0.25) is 0 Å². The minimum atomic E-state index is -4.77. The van der Waals surface area contributed by atoms with E-state index in [1.807, 2.05) is 4.90 Å². The molecular formula is C27H29F3N6O2. The van der Waals surface area contributed by atoms with Gasteiger partial charge in [-0.05, 0) is 75.9 Å². The first-order chi connectivity index (χ1) is 18.4. The normalized spacial score (nSPS) is 19.2. The van der Waals surface area contributed by atoms with E-state index in [-0.39, 0.29) is 17.6 Å². The van der Waals surface area contributed by atoms with Gasteiger partial charge in [-0.3, -0.25) is 4.79 Å². The van der Waals surface area contributed by atoms with Crippen LogP contribution < -0.4 is 4.74 Å². The summed E-state index contributed by atoms with van der Waals surface area (Å²) in [5, 5.41) is 4.83. The SMILES string of the molecule is O=C(c1c(-c2cncnc2)nn(-c2ccc(OC(F)(F)F)cc2)c1C1CC1)N1CCC(N2CCCC2)CC1. The number of alkyl halides is 3. The van der Waals surface area contributed by atoms with Gasteiger partial charge in [-0.25, -0.2) is 14.6 Å². The summed E-state index contributed by atoms with van der Waals surface area (Å²) in [6.45, 7) is 3.65. The number of carbonyl (C=O) groups excluding carboxylic acids is 1. The zero-order valence-corrected chi connectivity index (χ0v) is 20.9. The van der Waals surface area contributed by atoms with Gasteiger partial charge in [-0.1, -0.05) is 0 Å². The van der Waals surface area contributed by atoms with Gasteiger partial charge in [0.1, 0.15) is 17.8 Å². The first kappa shape index (κ1) is 24.8. The standard InChI is InChI=1S/C27H29F3N6O2/c28-27(29,30)38-22-7-5-21(6-8-22)36-25(18-3-4-18)23(24(33-36)19-15-31-17-32-16-19)26(37)35-13-9-20(10-14-35)34-11-1-2-12-34/h5-8,15-18,20H,1-4,9-14H2. The molecule has 1 aliphatic carbocycles. The van der Waals surface area contributed by atoms with Crippen molar-refractivity contribution in [1.82, 2.24) is 29.5 Å². The number of nitrogens with zero attached hydrogens (tertiary/aromatic N) is 6. The van der Waals surface area contributed by atoms with Crippen molar-refractivity contribution < 1.29 is 22.7 Å². The molecule has 3 fully saturated rings. The van der Waals surface area contributed by atoms with Gasteiger partial charge in [0.15, 0.2) is 0 Å². The van der Waals surface area contributed by atoms with Gasteiger partial charge in [0.25, 0.3) is 5.91 Å². The summed E-state index contributed by atoms with van der Waals surface area (Å²) in [4.78, 5) is 26.8. The van der Waals surface area contributed by atoms with E-state index in [0.29, 0.717) is 41.6 Å². The van der Waals surface area contributed by atoms with Crippen LogP contribution in [0.3, 0.4) is 0 Å². The van der Waals surface area contributed by atoms with Crippen LogP contribution in [0.2, 0.25) is 0 Å². The molecular weight excluding hydrogens is 497 g/mol. The average molecular weight is 527 g/mol. The van der Waals surface area contributed by atoms with Gasteiger partial charge in [0.05, 0.1) is 16.9 Å². The highest BCUT2D eigenvalue weighted by Crippen LogP contribution is 2.45. The number of ether oxygens (including phenoxy) is 1. The fourth-order valence-corrected chi connectivity index (χ4v) is 5.68. The fraction of sp³-hybridized carbons (Fsp3) is 0.481. The lowest BCUT2D eigenvalue weighted by Gasteiger charge is -2.36. The number of halogens is 3. The molecule has 1 amide bonds. The number of piperidine rings is 1. The lowest BCUT2D eigenvalue weighted by molar-refractivity contribution is -0.274. The molecule has 6 rings (SSSR count). The zero-order valence-electron chi connectivity index (χ0n) is 20.9. The quantitative estimate of drug-likeness (QED) is 0.459. The van der Waals surface area contributed by atoms with Crippen LogP contribution in [0.5, 0.6) is 5.75 Å². The molecule has 3 aliphatic rings. The number of benzene rings is 1. The highest BCUT2D eigenvalue weighted by atomic mass is 19.4. The van der Waals surface area contributed by atoms with E-state index in [1.54, 1.807) is 17.1 Å². The molecule has 0 radical (unpaired) electrons. The summed E-state index contributed by atoms with van der Waals surface area (Å²) >= 11 is 0. The van der Waals surface area contributed by atoms with Crippen molar-refractivity contribution in [2.24, 2.45) is 0 Å². The molecule has 200 valence electrons. The molecule has 1 aromatic carbocycles. The fourth-order valence-electron chi connectivity index (χ4n) is 5.68. The van der Waals surface area contributed by atoms with Crippen molar-refractivity contribution in [1.29, 1.82) is 0 Å². The molecule has 1 saturated carbocycles. The molecule has 8 nitrogen and oxygen atoms in total. The summed E-state index contributed by atoms with van der Waals surface area (Å²) in [5.74, 6) is -0.225. The molecule has 0 unspecified atom stereocenters. The van der Waals surface area contributed by atoms with Crippen molar-refractivity contribution in [3.05, 3.63) is 54.2 Å².